The molecule has 2 aromatic carbocycles. The molecule has 0 saturated heterocycles. The lowest BCUT2D eigenvalue weighted by Gasteiger charge is -2.34. The zero-order valence-corrected chi connectivity index (χ0v) is 19.3. The van der Waals surface area contributed by atoms with Gasteiger partial charge in [-0.1, -0.05) is 48.0 Å². The van der Waals surface area contributed by atoms with Crippen LogP contribution in [0.4, 0.5) is 0 Å². The number of nitrogens with zero attached hydrogens (tertiary/aromatic N) is 4. The third kappa shape index (κ3) is 4.78. The van der Waals surface area contributed by atoms with Crippen LogP contribution in [0.3, 0.4) is 0 Å². The van der Waals surface area contributed by atoms with E-state index in [1.807, 2.05) is 57.2 Å². The van der Waals surface area contributed by atoms with Gasteiger partial charge in [-0.3, -0.25) is 9.59 Å². The van der Waals surface area contributed by atoms with E-state index >= 15 is 0 Å². The third-order valence-electron chi connectivity index (χ3n) is 5.99. The van der Waals surface area contributed by atoms with Crippen molar-refractivity contribution in [2.24, 2.45) is 0 Å². The van der Waals surface area contributed by atoms with Gasteiger partial charge in [0.2, 0.25) is 11.8 Å². The molecule has 1 atom stereocenters. The molecule has 1 heterocycles. The maximum absolute atomic E-state index is 13.6. The molecule has 7 nitrogen and oxygen atoms in total. The lowest BCUT2D eigenvalue weighted by atomic mass is 9.98. The van der Waals surface area contributed by atoms with Crippen molar-refractivity contribution in [3.8, 4) is 0 Å². The Labute approximate surface area is 192 Å². The minimum atomic E-state index is -0.743. The number of nitrogens with one attached hydrogen (secondary N) is 1. The van der Waals surface area contributed by atoms with Crippen LogP contribution in [0.2, 0.25) is 5.02 Å². The molecule has 0 bridgehead atoms. The minimum absolute atomic E-state index is 0.0194. The smallest absolute Gasteiger partial charge is 0.247 e. The number of hydrogen-bond acceptors (Lipinski definition) is 4. The van der Waals surface area contributed by atoms with Gasteiger partial charge >= 0.3 is 0 Å². The highest BCUT2D eigenvalue weighted by molar-refractivity contribution is 6.30. The number of rotatable bonds is 8. The molecule has 168 valence electrons. The number of para-hydroxylation sites is 1. The van der Waals surface area contributed by atoms with Crippen molar-refractivity contribution in [2.45, 2.75) is 64.2 Å². The first-order chi connectivity index (χ1) is 15.3. The van der Waals surface area contributed by atoms with Crippen LogP contribution in [-0.4, -0.2) is 43.3 Å². The predicted octanol–water partition coefficient (Wildman–Crippen LogP) is 4.12. The van der Waals surface area contributed by atoms with Gasteiger partial charge in [0.25, 0.3) is 0 Å². The second-order valence-electron chi connectivity index (χ2n) is 8.95. The van der Waals surface area contributed by atoms with E-state index < -0.39 is 6.04 Å². The average Bonchev–Trinajstić information content (AvgIpc) is 3.53. The molecule has 0 spiro atoms. The summed E-state index contributed by atoms with van der Waals surface area (Å²) in [7, 11) is 0. The van der Waals surface area contributed by atoms with Crippen LogP contribution < -0.4 is 5.32 Å². The summed E-state index contributed by atoms with van der Waals surface area (Å²) in [5, 5.41) is 12.0. The highest BCUT2D eigenvalue weighted by atomic mass is 35.5. The average molecular weight is 454 g/mol. The molecule has 1 N–H and O–H groups in total. The molecule has 0 aliphatic heterocycles. The summed E-state index contributed by atoms with van der Waals surface area (Å²) in [4.78, 5) is 28.8. The first kappa shape index (κ1) is 22.3. The molecule has 4 rings (SSSR count). The fourth-order valence-corrected chi connectivity index (χ4v) is 3.85. The molecule has 3 aromatic rings. The SMILES string of the molecule is CCC(C)(C)NC(=O)C(c1ccc(Cl)cc1)N(C(=O)Cn1nnc2ccccc21)C1CC1. The fraction of sp³-hybridized carbons (Fsp3) is 0.417. The quantitative estimate of drug-likeness (QED) is 0.556. The maximum Gasteiger partial charge on any atom is 0.247 e. The molecule has 1 saturated carbocycles. The van der Waals surface area contributed by atoms with Crippen molar-refractivity contribution in [1.29, 1.82) is 0 Å². The monoisotopic (exact) mass is 453 g/mol. The van der Waals surface area contributed by atoms with Gasteiger partial charge in [-0.25, -0.2) is 4.68 Å². The lowest BCUT2D eigenvalue weighted by molar-refractivity contribution is -0.143. The molecule has 2 amide bonds. The topological polar surface area (TPSA) is 80.1 Å². The summed E-state index contributed by atoms with van der Waals surface area (Å²) in [6.45, 7) is 6.01. The molecule has 1 aromatic heterocycles. The predicted molar refractivity (Wildman–Crippen MR) is 124 cm³/mol. The zero-order valence-electron chi connectivity index (χ0n) is 18.6. The molecule has 0 radical (unpaired) electrons. The highest BCUT2D eigenvalue weighted by Crippen LogP contribution is 2.36. The van der Waals surface area contributed by atoms with Gasteiger partial charge in [-0.15, -0.1) is 5.10 Å². The third-order valence-corrected chi connectivity index (χ3v) is 6.24. The summed E-state index contributed by atoms with van der Waals surface area (Å²) in [6, 6.07) is 13.9. The Hall–Kier alpha value is -2.93. The Kier molecular flexibility index (Phi) is 6.20. The summed E-state index contributed by atoms with van der Waals surface area (Å²) in [5.41, 5.74) is 1.87. The number of benzene rings is 2. The Morgan fingerprint density at radius 3 is 2.53 bits per heavy atom. The fourth-order valence-electron chi connectivity index (χ4n) is 3.73. The summed E-state index contributed by atoms with van der Waals surface area (Å²) in [5.74, 6) is -0.351. The summed E-state index contributed by atoms with van der Waals surface area (Å²) in [6.07, 6.45) is 2.52. The van der Waals surface area contributed by atoms with E-state index in [9.17, 15) is 9.59 Å². The van der Waals surface area contributed by atoms with Crippen LogP contribution in [0.15, 0.2) is 48.5 Å². The Bertz CT molecular complexity index is 1120. The molecular formula is C24H28ClN5O2. The number of carbonyl (C=O) groups excluding carboxylic acids is 2. The van der Waals surface area contributed by atoms with Crippen molar-refractivity contribution >= 4 is 34.4 Å². The van der Waals surface area contributed by atoms with Gasteiger partial charge in [0.1, 0.15) is 18.1 Å². The molecule has 8 heteroatoms. The van der Waals surface area contributed by atoms with E-state index in [0.717, 1.165) is 35.9 Å². The minimum Gasteiger partial charge on any atom is -0.349 e. The first-order valence-corrected chi connectivity index (χ1v) is 11.3. The maximum atomic E-state index is 13.6. The van der Waals surface area contributed by atoms with E-state index in [0.29, 0.717) is 5.02 Å². The first-order valence-electron chi connectivity index (χ1n) is 11.0. The second kappa shape index (κ2) is 8.90. The van der Waals surface area contributed by atoms with Gasteiger partial charge in [0.05, 0.1) is 5.52 Å². The Morgan fingerprint density at radius 1 is 1.19 bits per heavy atom. The van der Waals surface area contributed by atoms with E-state index in [2.05, 4.69) is 15.6 Å². The van der Waals surface area contributed by atoms with Crippen LogP contribution in [0.5, 0.6) is 0 Å². The number of carbonyl (C=O) groups is 2. The van der Waals surface area contributed by atoms with Crippen molar-refractivity contribution in [3.05, 3.63) is 59.1 Å². The van der Waals surface area contributed by atoms with Gasteiger partial charge in [0.15, 0.2) is 0 Å². The second-order valence-corrected chi connectivity index (χ2v) is 9.39. The van der Waals surface area contributed by atoms with E-state index in [-0.39, 0.29) is 29.9 Å². The van der Waals surface area contributed by atoms with Gasteiger partial charge in [0, 0.05) is 16.6 Å². The molecule has 1 fully saturated rings. The molecule has 32 heavy (non-hydrogen) atoms. The van der Waals surface area contributed by atoms with E-state index in [4.69, 9.17) is 11.6 Å². The van der Waals surface area contributed by atoms with Crippen molar-refractivity contribution in [2.75, 3.05) is 0 Å². The van der Waals surface area contributed by atoms with Crippen molar-refractivity contribution in [1.82, 2.24) is 25.2 Å². The van der Waals surface area contributed by atoms with Crippen molar-refractivity contribution in [3.63, 3.8) is 0 Å². The lowest BCUT2D eigenvalue weighted by Crippen LogP contribution is -2.51. The zero-order chi connectivity index (χ0) is 22.9. The van der Waals surface area contributed by atoms with Gasteiger partial charge < -0.3 is 10.2 Å². The standard InChI is InChI=1S/C24H28ClN5O2/c1-4-24(2,3)26-23(32)22(16-9-11-17(25)12-10-16)30(18-13-14-18)21(31)15-29-20-8-6-5-7-19(20)27-28-29/h5-12,18,22H,4,13-15H2,1-3H3,(H,26,32). The number of aromatic nitrogens is 3. The Balaban J connectivity index is 1.68. The van der Waals surface area contributed by atoms with Crippen LogP contribution in [0.25, 0.3) is 11.0 Å². The summed E-state index contributed by atoms with van der Waals surface area (Å²) < 4.78 is 1.60. The highest BCUT2D eigenvalue weighted by Gasteiger charge is 2.42. The van der Waals surface area contributed by atoms with Crippen LogP contribution in [0, 0.1) is 0 Å². The number of hydrogen-bond donors (Lipinski definition) is 1. The molecule has 1 unspecified atom stereocenters. The normalized spacial score (nSPS) is 14.9. The molecular weight excluding hydrogens is 426 g/mol. The van der Waals surface area contributed by atoms with Gasteiger partial charge in [-0.2, -0.15) is 0 Å². The number of amides is 2. The van der Waals surface area contributed by atoms with E-state index in [1.54, 1.807) is 21.7 Å². The number of halogens is 1. The molecule has 1 aliphatic rings. The van der Waals surface area contributed by atoms with Crippen LogP contribution in [-0.2, 0) is 16.1 Å². The van der Waals surface area contributed by atoms with E-state index in [1.165, 1.54) is 0 Å². The van der Waals surface area contributed by atoms with Crippen LogP contribution in [0.1, 0.15) is 51.6 Å². The Morgan fingerprint density at radius 2 is 1.88 bits per heavy atom. The van der Waals surface area contributed by atoms with Gasteiger partial charge in [-0.05, 0) is 62.9 Å². The van der Waals surface area contributed by atoms with Crippen LogP contribution >= 0.6 is 11.6 Å². The summed E-state index contributed by atoms with van der Waals surface area (Å²) >= 11 is 6.09. The number of fused-ring (bicyclic) bond motifs is 1. The molecule has 1 aliphatic carbocycles. The van der Waals surface area contributed by atoms with Crippen molar-refractivity contribution < 1.29 is 9.59 Å². The largest absolute Gasteiger partial charge is 0.349 e.